The molecule has 0 spiro atoms. The van der Waals surface area contributed by atoms with Crippen molar-refractivity contribution in [2.24, 2.45) is 0 Å². The van der Waals surface area contributed by atoms with Crippen LogP contribution in [0.15, 0.2) is 65.8 Å². The van der Waals surface area contributed by atoms with E-state index >= 15 is 0 Å². The van der Waals surface area contributed by atoms with Crippen molar-refractivity contribution >= 4 is 16.9 Å². The van der Waals surface area contributed by atoms with E-state index in [1.165, 1.54) is 12.3 Å². The van der Waals surface area contributed by atoms with E-state index in [4.69, 9.17) is 9.15 Å². The summed E-state index contributed by atoms with van der Waals surface area (Å²) >= 11 is 0. The van der Waals surface area contributed by atoms with Gasteiger partial charge in [0.15, 0.2) is 0 Å². The summed E-state index contributed by atoms with van der Waals surface area (Å²) in [6.07, 6.45) is 3.16. The highest BCUT2D eigenvalue weighted by molar-refractivity contribution is 5.99. The van der Waals surface area contributed by atoms with Crippen molar-refractivity contribution in [3.05, 3.63) is 78.3 Å². The number of carbonyl (C=O) groups excluding carboxylic acids is 1. The second-order valence-electron chi connectivity index (χ2n) is 5.18. The van der Waals surface area contributed by atoms with Crippen molar-refractivity contribution in [1.29, 1.82) is 0 Å². The van der Waals surface area contributed by atoms with E-state index < -0.39 is 0 Å². The molecule has 0 saturated carbocycles. The molecule has 0 radical (unpaired) electrons. The fraction of sp³-hybridized carbons (Fsp3) is 0.105. The number of carbonyl (C=O) groups is 1. The van der Waals surface area contributed by atoms with Crippen LogP contribution in [0.1, 0.15) is 15.9 Å². The number of furan rings is 1. The van der Waals surface area contributed by atoms with E-state index in [0.29, 0.717) is 29.1 Å². The molecular formula is C19H16FNO3. The lowest BCUT2D eigenvalue weighted by atomic mass is 10.1. The van der Waals surface area contributed by atoms with Crippen LogP contribution in [0.4, 0.5) is 4.39 Å². The Hall–Kier alpha value is -3.08. The summed E-state index contributed by atoms with van der Waals surface area (Å²) in [5.41, 5.74) is 1.36. The number of benzene rings is 2. The van der Waals surface area contributed by atoms with Crippen LogP contribution in [0.3, 0.4) is 0 Å². The molecule has 3 rings (SSSR count). The highest BCUT2D eigenvalue weighted by Gasteiger charge is 2.13. The molecule has 122 valence electrons. The summed E-state index contributed by atoms with van der Waals surface area (Å²) in [7, 11) is 0. The van der Waals surface area contributed by atoms with Gasteiger partial charge in [-0.1, -0.05) is 30.9 Å². The summed E-state index contributed by atoms with van der Waals surface area (Å²) in [6, 6.07) is 11.4. The first-order valence-electron chi connectivity index (χ1n) is 7.45. The van der Waals surface area contributed by atoms with Crippen molar-refractivity contribution in [3.8, 4) is 5.75 Å². The molecule has 0 aliphatic heterocycles. The van der Waals surface area contributed by atoms with E-state index in [-0.39, 0.29) is 18.3 Å². The predicted octanol–water partition coefficient (Wildman–Crippen LogP) is 4.07. The fourth-order valence-electron chi connectivity index (χ4n) is 2.36. The minimum atomic E-state index is -0.353. The van der Waals surface area contributed by atoms with Crippen LogP contribution < -0.4 is 10.1 Å². The average Bonchev–Trinajstić information content (AvgIpc) is 3.07. The molecule has 0 unspecified atom stereocenters. The Balaban J connectivity index is 1.81. The highest BCUT2D eigenvalue weighted by atomic mass is 19.1. The topological polar surface area (TPSA) is 51.5 Å². The Labute approximate surface area is 138 Å². The number of rotatable bonds is 6. The molecule has 0 fully saturated rings. The van der Waals surface area contributed by atoms with Gasteiger partial charge in [0.25, 0.3) is 5.91 Å². The second kappa shape index (κ2) is 7.00. The lowest BCUT2D eigenvalue weighted by molar-refractivity contribution is 0.0950. The van der Waals surface area contributed by atoms with E-state index in [0.717, 1.165) is 5.39 Å². The number of amides is 1. The molecule has 1 N–H and O–H groups in total. The number of nitrogens with one attached hydrogen (secondary N) is 1. The van der Waals surface area contributed by atoms with Crippen molar-refractivity contribution in [3.63, 3.8) is 0 Å². The van der Waals surface area contributed by atoms with Crippen molar-refractivity contribution in [2.45, 2.75) is 6.54 Å². The van der Waals surface area contributed by atoms with Crippen molar-refractivity contribution in [1.82, 2.24) is 5.32 Å². The van der Waals surface area contributed by atoms with Crippen LogP contribution in [0.2, 0.25) is 0 Å². The summed E-state index contributed by atoms with van der Waals surface area (Å²) in [6.45, 7) is 4.03. The zero-order valence-electron chi connectivity index (χ0n) is 12.9. The van der Waals surface area contributed by atoms with Gasteiger partial charge in [-0.05, 0) is 24.3 Å². The summed E-state index contributed by atoms with van der Waals surface area (Å²) in [5, 5.41) is 3.48. The van der Waals surface area contributed by atoms with Crippen LogP contribution in [-0.2, 0) is 6.54 Å². The van der Waals surface area contributed by atoms with Crippen LogP contribution in [0, 0.1) is 5.82 Å². The molecule has 0 atom stereocenters. The lowest BCUT2D eigenvalue weighted by Gasteiger charge is -2.09. The maximum atomic E-state index is 13.6. The summed E-state index contributed by atoms with van der Waals surface area (Å²) in [5.74, 6) is -0.147. The molecule has 0 aliphatic rings. The third kappa shape index (κ3) is 3.30. The SMILES string of the molecule is C=CCOc1cc(C(=O)NCc2ccccc2F)cc2occc12. The summed E-state index contributed by atoms with van der Waals surface area (Å²) < 4.78 is 24.6. The van der Waals surface area contributed by atoms with Gasteiger partial charge in [0.2, 0.25) is 0 Å². The number of hydrogen-bond acceptors (Lipinski definition) is 3. The molecule has 0 aliphatic carbocycles. The first-order chi connectivity index (χ1) is 11.7. The van der Waals surface area contributed by atoms with Gasteiger partial charge >= 0.3 is 0 Å². The third-order valence-corrected chi connectivity index (χ3v) is 3.55. The van der Waals surface area contributed by atoms with E-state index in [2.05, 4.69) is 11.9 Å². The Morgan fingerprint density at radius 3 is 2.92 bits per heavy atom. The maximum absolute atomic E-state index is 13.6. The molecule has 1 heterocycles. The molecule has 2 aromatic carbocycles. The van der Waals surface area contributed by atoms with Gasteiger partial charge in [0, 0.05) is 17.7 Å². The van der Waals surface area contributed by atoms with Gasteiger partial charge < -0.3 is 14.5 Å². The third-order valence-electron chi connectivity index (χ3n) is 3.55. The Morgan fingerprint density at radius 1 is 1.29 bits per heavy atom. The monoisotopic (exact) mass is 325 g/mol. The molecule has 0 saturated heterocycles. The quantitative estimate of drug-likeness (QED) is 0.695. The van der Waals surface area contributed by atoms with E-state index in [1.54, 1.807) is 42.5 Å². The number of halogens is 1. The Morgan fingerprint density at radius 2 is 2.12 bits per heavy atom. The Kier molecular flexibility index (Phi) is 4.61. The zero-order chi connectivity index (χ0) is 16.9. The van der Waals surface area contributed by atoms with Gasteiger partial charge in [0.1, 0.15) is 23.8 Å². The molecule has 1 aromatic heterocycles. The zero-order valence-corrected chi connectivity index (χ0v) is 12.9. The van der Waals surface area contributed by atoms with Crippen LogP contribution >= 0.6 is 0 Å². The van der Waals surface area contributed by atoms with Crippen LogP contribution in [0.5, 0.6) is 5.75 Å². The van der Waals surface area contributed by atoms with Crippen LogP contribution in [-0.4, -0.2) is 12.5 Å². The summed E-state index contributed by atoms with van der Waals surface area (Å²) in [4.78, 5) is 12.4. The predicted molar refractivity (Wildman–Crippen MR) is 89.5 cm³/mol. The molecule has 5 heteroatoms. The number of fused-ring (bicyclic) bond motifs is 1. The average molecular weight is 325 g/mol. The molecule has 24 heavy (non-hydrogen) atoms. The van der Waals surface area contributed by atoms with Gasteiger partial charge in [-0.3, -0.25) is 4.79 Å². The first-order valence-corrected chi connectivity index (χ1v) is 7.45. The highest BCUT2D eigenvalue weighted by Crippen LogP contribution is 2.28. The normalized spacial score (nSPS) is 10.5. The van der Waals surface area contributed by atoms with Gasteiger partial charge in [-0.2, -0.15) is 0 Å². The van der Waals surface area contributed by atoms with Crippen molar-refractivity contribution < 1.29 is 18.3 Å². The fourth-order valence-corrected chi connectivity index (χ4v) is 2.36. The van der Waals surface area contributed by atoms with Crippen molar-refractivity contribution in [2.75, 3.05) is 6.61 Å². The molecule has 0 bridgehead atoms. The van der Waals surface area contributed by atoms with E-state index in [1.807, 2.05) is 0 Å². The van der Waals surface area contributed by atoms with Gasteiger partial charge in [-0.25, -0.2) is 4.39 Å². The molecule has 4 nitrogen and oxygen atoms in total. The molecule has 3 aromatic rings. The maximum Gasteiger partial charge on any atom is 0.251 e. The van der Waals surface area contributed by atoms with E-state index in [9.17, 15) is 9.18 Å². The lowest BCUT2D eigenvalue weighted by Crippen LogP contribution is -2.23. The van der Waals surface area contributed by atoms with Gasteiger partial charge in [0.05, 0.1) is 11.6 Å². The minimum Gasteiger partial charge on any atom is -0.489 e. The van der Waals surface area contributed by atoms with Crippen LogP contribution in [0.25, 0.3) is 11.0 Å². The minimum absolute atomic E-state index is 0.102. The number of ether oxygens (including phenoxy) is 1. The number of hydrogen-bond donors (Lipinski definition) is 1. The smallest absolute Gasteiger partial charge is 0.251 e. The Bertz CT molecular complexity index is 885. The molecule has 1 amide bonds. The molecular weight excluding hydrogens is 309 g/mol. The largest absolute Gasteiger partial charge is 0.489 e. The first kappa shape index (κ1) is 15.8. The van der Waals surface area contributed by atoms with Gasteiger partial charge in [-0.15, -0.1) is 0 Å². The standard InChI is InChI=1S/C19H16FNO3/c1-2-8-23-17-10-14(11-18-15(17)7-9-24-18)19(22)21-12-13-5-3-4-6-16(13)20/h2-7,9-11H,1,8,12H2,(H,21,22). The second-order valence-corrected chi connectivity index (χ2v) is 5.18.